The lowest BCUT2D eigenvalue weighted by Crippen LogP contribution is -2.56. The summed E-state index contributed by atoms with van der Waals surface area (Å²) in [5, 5.41) is 33.0. The molecule has 0 fully saturated rings. The maximum Gasteiger partial charge on any atom is 0.397 e. The summed E-state index contributed by atoms with van der Waals surface area (Å²) in [5.41, 5.74) is -0.0597. The van der Waals surface area contributed by atoms with Crippen molar-refractivity contribution in [3.05, 3.63) is 45.8 Å². The lowest BCUT2D eigenvalue weighted by molar-refractivity contribution is -0.122. The maximum absolute atomic E-state index is 12.9. The molecule has 5 N–H and O–H groups in total. The highest BCUT2D eigenvalue weighted by Gasteiger charge is 2.37. The number of aliphatic hydroxyl groups is 3. The number of carbonyl (C=O) groups excluding carboxylic acids is 2. The van der Waals surface area contributed by atoms with Gasteiger partial charge in [-0.3, -0.25) is 14.1 Å². The number of aliphatic hydroxyl groups excluding tert-OH is 3. The molecule has 0 radical (unpaired) electrons. The number of aryl methyl sites for hydroxylation is 1. The van der Waals surface area contributed by atoms with E-state index in [0.29, 0.717) is 10.9 Å². The van der Waals surface area contributed by atoms with Gasteiger partial charge in [0.15, 0.2) is 5.78 Å². The first-order chi connectivity index (χ1) is 14.3. The van der Waals surface area contributed by atoms with Crippen molar-refractivity contribution < 1.29 is 46.5 Å². The summed E-state index contributed by atoms with van der Waals surface area (Å²) >= 11 is 0. The molecule has 0 aliphatic carbocycles. The maximum atomic E-state index is 12.9. The fourth-order valence-corrected chi connectivity index (χ4v) is 3.17. The summed E-state index contributed by atoms with van der Waals surface area (Å²) in [4.78, 5) is 36.0. The number of nitrogens with one attached hydrogen (secondary N) is 1. The predicted octanol–water partition coefficient (Wildman–Crippen LogP) is -1.31. The zero-order valence-corrected chi connectivity index (χ0v) is 17.2. The molecular weight excluding hydrogens is 438 g/mol. The number of hydrogen-bond acceptors (Lipinski definition) is 10. The number of benzene rings is 1. The first kappa shape index (κ1) is 24.6. The Bertz CT molecular complexity index is 1140. The van der Waals surface area contributed by atoms with Gasteiger partial charge in [0.1, 0.15) is 29.9 Å². The van der Waals surface area contributed by atoms with Gasteiger partial charge in [-0.05, 0) is 18.6 Å². The molecule has 0 unspecified atom stereocenters. The number of hydrogen-bond donors (Lipinski definition) is 5. The van der Waals surface area contributed by atoms with Gasteiger partial charge >= 0.3 is 16.0 Å². The standard InChI is InChI=1S/C18H21NO11S/c1-8-5-14(22)30-13-6-10(3-4-11(8)13)16(23)15(19-9(2)20)18(25)17(24)12(21)7-29-31(26,27)28/h3-6,12,15,17-18,21,24-25H,7H2,1-2H3,(H,19,20)(H,26,27,28)/t12-,15+,17-,18-/m1/s1. The third kappa shape index (κ3) is 6.40. The average molecular weight is 459 g/mol. The van der Waals surface area contributed by atoms with Crippen LogP contribution in [-0.2, 0) is 19.4 Å². The fourth-order valence-electron chi connectivity index (χ4n) is 2.86. The second-order valence-corrected chi connectivity index (χ2v) is 7.85. The molecule has 2 rings (SSSR count). The van der Waals surface area contributed by atoms with Crippen LogP contribution in [0.2, 0.25) is 0 Å². The lowest BCUT2D eigenvalue weighted by atomic mass is 9.93. The molecule has 1 heterocycles. The molecule has 13 heteroatoms. The highest BCUT2D eigenvalue weighted by molar-refractivity contribution is 7.80. The van der Waals surface area contributed by atoms with Crippen molar-refractivity contribution in [2.75, 3.05) is 6.61 Å². The number of fused-ring (bicyclic) bond motifs is 1. The summed E-state index contributed by atoms with van der Waals surface area (Å²) in [6, 6.07) is 3.56. The molecule has 2 aromatic rings. The van der Waals surface area contributed by atoms with Crippen LogP contribution < -0.4 is 10.9 Å². The van der Waals surface area contributed by atoms with Crippen LogP contribution >= 0.6 is 0 Å². The first-order valence-corrected chi connectivity index (χ1v) is 10.2. The molecule has 1 aromatic heterocycles. The lowest BCUT2D eigenvalue weighted by Gasteiger charge is -2.28. The van der Waals surface area contributed by atoms with Gasteiger partial charge in [-0.1, -0.05) is 12.1 Å². The van der Waals surface area contributed by atoms with Gasteiger partial charge in [0, 0.05) is 23.9 Å². The predicted molar refractivity (Wildman–Crippen MR) is 105 cm³/mol. The monoisotopic (exact) mass is 459 g/mol. The molecule has 4 atom stereocenters. The molecule has 31 heavy (non-hydrogen) atoms. The van der Waals surface area contributed by atoms with Crippen LogP contribution in [0.15, 0.2) is 33.5 Å². The molecule has 12 nitrogen and oxygen atoms in total. The van der Waals surface area contributed by atoms with Crippen molar-refractivity contribution >= 4 is 33.1 Å². The molecule has 0 bridgehead atoms. The van der Waals surface area contributed by atoms with E-state index in [2.05, 4.69) is 9.50 Å². The van der Waals surface area contributed by atoms with Crippen LogP contribution in [0.5, 0.6) is 0 Å². The van der Waals surface area contributed by atoms with E-state index in [1.54, 1.807) is 6.92 Å². The Morgan fingerprint density at radius 3 is 2.39 bits per heavy atom. The van der Waals surface area contributed by atoms with E-state index < -0.39 is 58.7 Å². The highest BCUT2D eigenvalue weighted by Crippen LogP contribution is 2.20. The summed E-state index contributed by atoms with van der Waals surface area (Å²) in [6.45, 7) is 1.58. The molecule has 170 valence electrons. The molecular formula is C18H21NO11S. The van der Waals surface area contributed by atoms with E-state index in [1.807, 2.05) is 0 Å². The third-order valence-electron chi connectivity index (χ3n) is 4.35. The summed E-state index contributed by atoms with van der Waals surface area (Å²) in [5.74, 6) is -1.65. The Morgan fingerprint density at radius 2 is 1.81 bits per heavy atom. The Hall–Kier alpha value is -2.68. The smallest absolute Gasteiger partial charge is 0.397 e. The molecule has 0 aliphatic heterocycles. The van der Waals surface area contributed by atoms with Gasteiger partial charge in [-0.15, -0.1) is 0 Å². The normalized spacial score (nSPS) is 15.8. The fraction of sp³-hybridized carbons (Fsp3) is 0.389. The van der Waals surface area contributed by atoms with Crippen LogP contribution in [0.25, 0.3) is 11.0 Å². The van der Waals surface area contributed by atoms with Crippen LogP contribution in [0.1, 0.15) is 22.8 Å². The minimum absolute atomic E-state index is 0.0778. The number of carbonyl (C=O) groups is 2. The second-order valence-electron chi connectivity index (χ2n) is 6.76. The van der Waals surface area contributed by atoms with Crippen molar-refractivity contribution in [2.24, 2.45) is 0 Å². The van der Waals surface area contributed by atoms with E-state index in [1.165, 1.54) is 24.3 Å². The van der Waals surface area contributed by atoms with Crippen LogP contribution in [0, 0.1) is 6.92 Å². The second kappa shape index (κ2) is 9.64. The van der Waals surface area contributed by atoms with Crippen LogP contribution in [0.3, 0.4) is 0 Å². The zero-order chi connectivity index (χ0) is 23.5. The summed E-state index contributed by atoms with van der Waals surface area (Å²) in [7, 11) is -4.93. The SMILES string of the molecule is CC(=O)N[C@@H](C(=O)c1ccc2c(C)cc(=O)oc2c1)[C@@H](O)[C@H](O)[C@H](O)COS(=O)(=O)O. The van der Waals surface area contributed by atoms with Crippen molar-refractivity contribution in [3.8, 4) is 0 Å². The average Bonchev–Trinajstić information content (AvgIpc) is 2.67. The quantitative estimate of drug-likeness (QED) is 0.169. The molecule has 1 aromatic carbocycles. The van der Waals surface area contributed by atoms with E-state index in [0.717, 1.165) is 6.92 Å². The molecule has 0 spiro atoms. The number of ketones is 1. The van der Waals surface area contributed by atoms with Crippen molar-refractivity contribution in [3.63, 3.8) is 0 Å². The minimum Gasteiger partial charge on any atom is -0.423 e. The van der Waals surface area contributed by atoms with Gasteiger partial charge in [-0.25, -0.2) is 8.98 Å². The Morgan fingerprint density at radius 1 is 1.16 bits per heavy atom. The topological polar surface area (TPSA) is 201 Å². The van der Waals surface area contributed by atoms with Crippen LogP contribution in [0.4, 0.5) is 0 Å². The van der Waals surface area contributed by atoms with Gasteiger partial charge in [0.25, 0.3) is 0 Å². The molecule has 0 saturated heterocycles. The Kier molecular flexibility index (Phi) is 7.64. The van der Waals surface area contributed by atoms with Gasteiger partial charge in [0.05, 0.1) is 6.61 Å². The molecule has 0 saturated carbocycles. The highest BCUT2D eigenvalue weighted by atomic mass is 32.3. The third-order valence-corrected chi connectivity index (χ3v) is 4.78. The van der Waals surface area contributed by atoms with Crippen LogP contribution in [-0.4, -0.2) is 70.9 Å². The van der Waals surface area contributed by atoms with E-state index in [-0.39, 0.29) is 11.1 Å². The molecule has 0 aliphatic rings. The number of Topliss-reactive ketones (excluding diaryl/α,β-unsaturated/α-hetero) is 1. The Labute approximate surface area is 176 Å². The summed E-state index contributed by atoms with van der Waals surface area (Å²) < 4.78 is 38.7. The minimum atomic E-state index is -4.93. The first-order valence-electron chi connectivity index (χ1n) is 8.82. The van der Waals surface area contributed by atoms with E-state index in [4.69, 9.17) is 8.97 Å². The Balaban J connectivity index is 2.34. The number of amides is 1. The van der Waals surface area contributed by atoms with Crippen molar-refractivity contribution in [2.45, 2.75) is 38.2 Å². The summed E-state index contributed by atoms with van der Waals surface area (Å²) in [6.07, 6.45) is -6.29. The van der Waals surface area contributed by atoms with Crippen molar-refractivity contribution in [1.82, 2.24) is 5.32 Å². The van der Waals surface area contributed by atoms with Gasteiger partial charge in [0.2, 0.25) is 5.91 Å². The van der Waals surface area contributed by atoms with E-state index >= 15 is 0 Å². The van der Waals surface area contributed by atoms with Gasteiger partial charge < -0.3 is 25.1 Å². The zero-order valence-electron chi connectivity index (χ0n) is 16.4. The number of rotatable bonds is 9. The molecule has 1 amide bonds. The van der Waals surface area contributed by atoms with Gasteiger partial charge in [-0.2, -0.15) is 8.42 Å². The largest absolute Gasteiger partial charge is 0.423 e. The van der Waals surface area contributed by atoms with Crippen molar-refractivity contribution in [1.29, 1.82) is 0 Å². The van der Waals surface area contributed by atoms with E-state index in [9.17, 15) is 38.1 Å².